The van der Waals surface area contributed by atoms with Gasteiger partial charge in [-0.1, -0.05) is 40.2 Å². The Balaban J connectivity index is 2.21. The molecule has 20 heavy (non-hydrogen) atoms. The summed E-state index contributed by atoms with van der Waals surface area (Å²) in [5.41, 5.74) is 1.46. The van der Waals surface area contributed by atoms with Crippen LogP contribution in [-0.2, 0) is 11.9 Å². The fraction of sp³-hybridized carbons (Fsp3) is 0.200. The van der Waals surface area contributed by atoms with Gasteiger partial charge in [0.05, 0.1) is 11.6 Å². The number of halogens is 3. The van der Waals surface area contributed by atoms with E-state index in [0.717, 1.165) is 10.0 Å². The first kappa shape index (κ1) is 15.3. The molecular formula is C15H13Br2FO2. The van der Waals surface area contributed by atoms with Crippen molar-refractivity contribution in [1.29, 1.82) is 0 Å². The molecule has 106 valence electrons. The summed E-state index contributed by atoms with van der Waals surface area (Å²) in [4.78, 5) is 0. The third-order valence-electron chi connectivity index (χ3n) is 2.83. The lowest BCUT2D eigenvalue weighted by Crippen LogP contribution is -2.02. The molecule has 0 aliphatic carbocycles. The molecule has 0 radical (unpaired) electrons. The third-order valence-corrected chi connectivity index (χ3v) is 4.06. The molecule has 0 bridgehead atoms. The quantitative estimate of drug-likeness (QED) is 0.648. The van der Waals surface area contributed by atoms with Crippen LogP contribution >= 0.6 is 31.9 Å². The molecule has 0 spiro atoms. The Morgan fingerprint density at radius 2 is 1.80 bits per heavy atom. The standard InChI is InChI=1S/C15H13Br2FO2/c1-19-13-7-3-5-11(14(13)18)9-20-15-10(8-16)4-2-6-12(15)17/h2-7H,8-9H2,1H3. The molecule has 0 N–H and O–H groups in total. The summed E-state index contributed by atoms with van der Waals surface area (Å²) in [5, 5.41) is 0.669. The van der Waals surface area contributed by atoms with Crippen molar-refractivity contribution in [2.24, 2.45) is 0 Å². The molecule has 0 aliphatic rings. The summed E-state index contributed by atoms with van der Waals surface area (Å²) in [6.07, 6.45) is 0. The zero-order valence-electron chi connectivity index (χ0n) is 10.8. The first-order chi connectivity index (χ1) is 9.67. The third kappa shape index (κ3) is 3.33. The van der Waals surface area contributed by atoms with E-state index in [0.29, 0.717) is 16.6 Å². The molecule has 0 fully saturated rings. The van der Waals surface area contributed by atoms with Gasteiger partial charge in [-0.2, -0.15) is 0 Å². The molecule has 2 nitrogen and oxygen atoms in total. The van der Waals surface area contributed by atoms with E-state index >= 15 is 0 Å². The van der Waals surface area contributed by atoms with Crippen LogP contribution in [0.5, 0.6) is 11.5 Å². The lowest BCUT2D eigenvalue weighted by atomic mass is 10.2. The molecule has 0 heterocycles. The highest BCUT2D eigenvalue weighted by molar-refractivity contribution is 9.10. The van der Waals surface area contributed by atoms with E-state index in [1.54, 1.807) is 18.2 Å². The first-order valence-electron chi connectivity index (χ1n) is 5.95. The average Bonchev–Trinajstić information content (AvgIpc) is 2.47. The lowest BCUT2D eigenvalue weighted by molar-refractivity contribution is 0.292. The topological polar surface area (TPSA) is 18.5 Å². The minimum atomic E-state index is -0.387. The normalized spacial score (nSPS) is 10.4. The van der Waals surface area contributed by atoms with Crippen LogP contribution in [0.1, 0.15) is 11.1 Å². The number of ether oxygens (including phenoxy) is 2. The van der Waals surface area contributed by atoms with Gasteiger partial charge in [-0.05, 0) is 28.1 Å². The van der Waals surface area contributed by atoms with Crippen molar-refractivity contribution in [2.75, 3.05) is 7.11 Å². The van der Waals surface area contributed by atoms with Crippen molar-refractivity contribution in [3.63, 3.8) is 0 Å². The van der Waals surface area contributed by atoms with Gasteiger partial charge in [-0.15, -0.1) is 0 Å². The molecule has 2 aromatic carbocycles. The van der Waals surface area contributed by atoms with Gasteiger partial charge in [0, 0.05) is 16.5 Å². The van der Waals surface area contributed by atoms with Crippen molar-refractivity contribution < 1.29 is 13.9 Å². The highest BCUT2D eigenvalue weighted by atomic mass is 79.9. The van der Waals surface area contributed by atoms with Crippen molar-refractivity contribution in [1.82, 2.24) is 0 Å². The van der Waals surface area contributed by atoms with Gasteiger partial charge in [-0.25, -0.2) is 4.39 Å². The fourth-order valence-electron chi connectivity index (χ4n) is 1.80. The van der Waals surface area contributed by atoms with E-state index in [9.17, 15) is 4.39 Å². The van der Waals surface area contributed by atoms with Gasteiger partial charge in [0.15, 0.2) is 11.6 Å². The zero-order chi connectivity index (χ0) is 14.5. The number of hydrogen-bond donors (Lipinski definition) is 0. The zero-order valence-corrected chi connectivity index (χ0v) is 14.0. The second-order valence-corrected chi connectivity index (χ2v) is 5.50. The maximum atomic E-state index is 14.0. The minimum absolute atomic E-state index is 0.144. The maximum Gasteiger partial charge on any atom is 0.171 e. The van der Waals surface area contributed by atoms with Crippen LogP contribution in [-0.4, -0.2) is 7.11 Å². The fourth-order valence-corrected chi connectivity index (χ4v) is 2.76. The Morgan fingerprint density at radius 1 is 1.10 bits per heavy atom. The van der Waals surface area contributed by atoms with Crippen LogP contribution in [0.25, 0.3) is 0 Å². The minimum Gasteiger partial charge on any atom is -0.494 e. The molecule has 0 aromatic heterocycles. The Labute approximate surface area is 134 Å². The summed E-state index contributed by atoms with van der Waals surface area (Å²) in [5.74, 6) is 0.549. The molecule has 0 saturated heterocycles. The number of rotatable bonds is 5. The van der Waals surface area contributed by atoms with Gasteiger partial charge in [0.25, 0.3) is 0 Å². The molecule has 0 unspecified atom stereocenters. The summed E-state index contributed by atoms with van der Waals surface area (Å²) >= 11 is 6.85. The van der Waals surface area contributed by atoms with E-state index in [1.165, 1.54) is 7.11 Å². The SMILES string of the molecule is COc1cccc(COc2c(Br)cccc2CBr)c1F. The van der Waals surface area contributed by atoms with Crippen LogP contribution in [0.4, 0.5) is 4.39 Å². The molecule has 5 heteroatoms. The van der Waals surface area contributed by atoms with Crippen LogP contribution in [0.3, 0.4) is 0 Å². The van der Waals surface area contributed by atoms with Crippen LogP contribution in [0.15, 0.2) is 40.9 Å². The predicted octanol–water partition coefficient (Wildman–Crippen LogP) is 5.07. The number of benzene rings is 2. The lowest BCUT2D eigenvalue weighted by Gasteiger charge is -2.13. The van der Waals surface area contributed by atoms with Crippen molar-refractivity contribution in [2.45, 2.75) is 11.9 Å². The van der Waals surface area contributed by atoms with Crippen molar-refractivity contribution >= 4 is 31.9 Å². The van der Waals surface area contributed by atoms with E-state index < -0.39 is 0 Å². The molecule has 0 saturated carbocycles. The second kappa shape index (κ2) is 7.09. The molecule has 2 aromatic rings. The van der Waals surface area contributed by atoms with Crippen molar-refractivity contribution in [3.8, 4) is 11.5 Å². The van der Waals surface area contributed by atoms with E-state index in [1.807, 2.05) is 18.2 Å². The van der Waals surface area contributed by atoms with Crippen LogP contribution in [0.2, 0.25) is 0 Å². The molecule has 0 amide bonds. The molecule has 2 rings (SSSR count). The van der Waals surface area contributed by atoms with Gasteiger partial charge in [-0.3, -0.25) is 0 Å². The molecular weight excluding hydrogens is 391 g/mol. The summed E-state index contributed by atoms with van der Waals surface area (Å²) in [7, 11) is 1.44. The Kier molecular flexibility index (Phi) is 5.43. The highest BCUT2D eigenvalue weighted by Gasteiger charge is 2.11. The van der Waals surface area contributed by atoms with Crippen molar-refractivity contribution in [3.05, 3.63) is 57.8 Å². The Hall–Kier alpha value is -1.07. The predicted molar refractivity (Wildman–Crippen MR) is 84.1 cm³/mol. The number of alkyl halides is 1. The second-order valence-electron chi connectivity index (χ2n) is 4.08. The average molecular weight is 404 g/mol. The molecule has 0 aliphatic heterocycles. The number of methoxy groups -OCH3 is 1. The first-order valence-corrected chi connectivity index (χ1v) is 7.86. The van der Waals surface area contributed by atoms with Gasteiger partial charge in [0.1, 0.15) is 12.4 Å². The number of hydrogen-bond acceptors (Lipinski definition) is 2. The van der Waals surface area contributed by atoms with Gasteiger partial charge < -0.3 is 9.47 Å². The highest BCUT2D eigenvalue weighted by Crippen LogP contribution is 2.31. The monoisotopic (exact) mass is 402 g/mol. The van der Waals surface area contributed by atoms with E-state index in [2.05, 4.69) is 31.9 Å². The van der Waals surface area contributed by atoms with Gasteiger partial charge >= 0.3 is 0 Å². The summed E-state index contributed by atoms with van der Waals surface area (Å²) in [6, 6.07) is 10.8. The van der Waals surface area contributed by atoms with Crippen LogP contribution < -0.4 is 9.47 Å². The summed E-state index contributed by atoms with van der Waals surface area (Å²) < 4.78 is 25.6. The number of para-hydroxylation sites is 1. The maximum absolute atomic E-state index is 14.0. The van der Waals surface area contributed by atoms with Crippen LogP contribution in [0, 0.1) is 5.82 Å². The van der Waals surface area contributed by atoms with Gasteiger partial charge in [0.2, 0.25) is 0 Å². The molecule has 0 atom stereocenters. The van der Waals surface area contributed by atoms with E-state index in [4.69, 9.17) is 9.47 Å². The largest absolute Gasteiger partial charge is 0.494 e. The van der Waals surface area contributed by atoms with E-state index in [-0.39, 0.29) is 18.2 Å². The Morgan fingerprint density at radius 3 is 2.50 bits per heavy atom. The smallest absolute Gasteiger partial charge is 0.171 e. The summed E-state index contributed by atoms with van der Waals surface area (Å²) in [6.45, 7) is 0.144. The Bertz CT molecular complexity index is 602.